The molecule has 0 aromatic rings. The number of hydrogen-bond acceptors (Lipinski definition) is 6. The summed E-state index contributed by atoms with van der Waals surface area (Å²) in [5.74, 6) is -1.02. The van der Waals surface area contributed by atoms with E-state index in [1.54, 1.807) is 0 Å². The number of ether oxygens (including phenoxy) is 3. The van der Waals surface area contributed by atoms with Crippen molar-refractivity contribution in [1.82, 2.24) is 0 Å². The maximum Gasteiger partial charge on any atom is 0.306 e. The normalized spacial score (nSPS) is 13.4. The van der Waals surface area contributed by atoms with E-state index < -0.39 is 6.10 Å². The van der Waals surface area contributed by atoms with Crippen molar-refractivity contribution in [2.45, 2.75) is 239 Å². The minimum atomic E-state index is -0.830. The van der Waals surface area contributed by atoms with Crippen LogP contribution >= 0.6 is 0 Å². The van der Waals surface area contributed by atoms with E-state index in [2.05, 4.69) is 203 Å². The first-order chi connectivity index (χ1) is 38.5. The van der Waals surface area contributed by atoms with Crippen LogP contribution in [0.4, 0.5) is 0 Å². The highest BCUT2D eigenvalue weighted by Gasteiger charge is 2.19. The highest BCUT2D eigenvalue weighted by atomic mass is 16.6. The van der Waals surface area contributed by atoms with Gasteiger partial charge in [0, 0.05) is 19.3 Å². The second-order valence-electron chi connectivity index (χ2n) is 19.5. The Bertz CT molecular complexity index is 1850. The molecule has 0 heterocycles. The second-order valence-corrected chi connectivity index (χ2v) is 19.5. The van der Waals surface area contributed by atoms with Crippen LogP contribution in [0.15, 0.2) is 182 Å². The van der Waals surface area contributed by atoms with Crippen molar-refractivity contribution in [3.8, 4) is 0 Å². The third-order valence-corrected chi connectivity index (χ3v) is 12.1. The van der Waals surface area contributed by atoms with Crippen LogP contribution in [-0.2, 0) is 28.6 Å². The Morgan fingerprint density at radius 3 is 0.821 bits per heavy atom. The fourth-order valence-corrected chi connectivity index (χ4v) is 7.56. The zero-order chi connectivity index (χ0) is 56.4. The average molecular weight is 1070 g/mol. The Morgan fingerprint density at radius 1 is 0.269 bits per heavy atom. The molecule has 0 spiro atoms. The topological polar surface area (TPSA) is 78.9 Å². The van der Waals surface area contributed by atoms with Crippen LogP contribution < -0.4 is 0 Å². The highest BCUT2D eigenvalue weighted by Crippen LogP contribution is 2.12. The van der Waals surface area contributed by atoms with Crippen LogP contribution in [0.3, 0.4) is 0 Å². The van der Waals surface area contributed by atoms with Crippen LogP contribution in [0, 0.1) is 0 Å². The van der Waals surface area contributed by atoms with Crippen molar-refractivity contribution in [3.63, 3.8) is 0 Å². The smallest absolute Gasteiger partial charge is 0.306 e. The average Bonchev–Trinajstić information content (AvgIpc) is 3.44. The summed E-state index contributed by atoms with van der Waals surface area (Å²) in [7, 11) is 0. The summed E-state index contributed by atoms with van der Waals surface area (Å²) in [6.45, 7) is 6.27. The molecule has 0 saturated heterocycles. The van der Waals surface area contributed by atoms with E-state index in [0.29, 0.717) is 19.3 Å². The summed E-state index contributed by atoms with van der Waals surface area (Å²) < 4.78 is 16.8. The van der Waals surface area contributed by atoms with Gasteiger partial charge in [0.2, 0.25) is 0 Å². The summed E-state index contributed by atoms with van der Waals surface area (Å²) in [6, 6.07) is 0. The number of carbonyl (C=O) groups is 3. The molecular formula is C72H110O6. The summed E-state index contributed by atoms with van der Waals surface area (Å²) in [5, 5.41) is 0. The first-order valence-corrected chi connectivity index (χ1v) is 30.8. The fourth-order valence-electron chi connectivity index (χ4n) is 7.56. The molecule has 1 atom stereocenters. The molecule has 0 rings (SSSR count). The summed E-state index contributed by atoms with van der Waals surface area (Å²) in [6.07, 6.45) is 96.1. The summed E-state index contributed by atoms with van der Waals surface area (Å²) >= 11 is 0. The molecular weight excluding hydrogens is 961 g/mol. The predicted molar refractivity (Wildman–Crippen MR) is 338 cm³/mol. The van der Waals surface area contributed by atoms with Crippen LogP contribution in [-0.4, -0.2) is 37.2 Å². The van der Waals surface area contributed by atoms with Crippen molar-refractivity contribution in [3.05, 3.63) is 182 Å². The molecule has 0 aliphatic heterocycles. The Labute approximate surface area is 478 Å². The molecule has 0 bridgehead atoms. The van der Waals surface area contributed by atoms with Crippen LogP contribution in [0.25, 0.3) is 0 Å². The van der Waals surface area contributed by atoms with Crippen molar-refractivity contribution < 1.29 is 28.6 Å². The minimum absolute atomic E-state index is 0.122. The van der Waals surface area contributed by atoms with Gasteiger partial charge in [0.05, 0.1) is 0 Å². The largest absolute Gasteiger partial charge is 0.462 e. The standard InChI is InChI=1S/C72H110O6/c1-4-7-10-13-16-19-22-25-28-29-30-31-32-33-34-35-36-37-38-39-40-41-42-43-45-47-50-53-56-59-62-65-71(74)77-68-69(67-76-70(73)64-61-58-55-52-49-46-27-24-21-18-15-12-9-6-3)78-72(75)66-63-60-57-54-51-48-44-26-23-20-17-14-11-8-5-2/h7-8,10-11,15-20,24-28,30-31,33-34,36-37,39-40,42-44,47,50-51,54,69H,4-6,9,12-14,21-23,29,32,35,38,41,45-46,48-49,52-53,55-68H2,1-3H3/b10-7-,11-8-,18-15-,19-16-,20-17-,27-24-,28-25-,31-30-,34-33-,37-36-,40-39-,43-42-,44-26-,50-47-,54-51-. The molecule has 0 saturated carbocycles. The molecule has 0 N–H and O–H groups in total. The van der Waals surface area contributed by atoms with Crippen molar-refractivity contribution in [2.24, 2.45) is 0 Å². The molecule has 0 amide bonds. The SMILES string of the molecule is CC/C=C\C/C=C\C/C=C\C/C=C\C/C=C\C/C=C\C/C=C\C/C=C\C/C=C\CCCCCC(=O)OCC(COC(=O)CCCCCCC/C=C\C/C=C\CCCC)OC(=O)CCCC/C=C\C/C=C\C/C=C\C/C=C\CC. The number of rotatable bonds is 53. The third-order valence-electron chi connectivity index (χ3n) is 12.1. The quantitative estimate of drug-likeness (QED) is 0.0261. The van der Waals surface area contributed by atoms with Gasteiger partial charge in [0.25, 0.3) is 0 Å². The van der Waals surface area contributed by atoms with Crippen LogP contribution in [0.2, 0.25) is 0 Å². The van der Waals surface area contributed by atoms with E-state index in [1.807, 2.05) is 0 Å². The molecule has 6 nitrogen and oxygen atoms in total. The molecule has 434 valence electrons. The maximum absolute atomic E-state index is 12.8. The number of hydrogen-bond donors (Lipinski definition) is 0. The van der Waals surface area contributed by atoms with Gasteiger partial charge in [-0.1, -0.05) is 242 Å². The van der Waals surface area contributed by atoms with Crippen LogP contribution in [0.1, 0.15) is 233 Å². The third kappa shape index (κ3) is 61.4. The first kappa shape index (κ1) is 72.5. The van der Waals surface area contributed by atoms with Gasteiger partial charge in [0.1, 0.15) is 13.2 Å². The lowest BCUT2D eigenvalue weighted by molar-refractivity contribution is -0.167. The lowest BCUT2D eigenvalue weighted by Crippen LogP contribution is -2.30. The Kier molecular flexibility index (Phi) is 59.5. The van der Waals surface area contributed by atoms with Gasteiger partial charge in [-0.25, -0.2) is 0 Å². The molecule has 0 radical (unpaired) electrons. The lowest BCUT2D eigenvalue weighted by Gasteiger charge is -2.18. The zero-order valence-corrected chi connectivity index (χ0v) is 49.6. The highest BCUT2D eigenvalue weighted by molar-refractivity contribution is 5.71. The van der Waals surface area contributed by atoms with Crippen molar-refractivity contribution in [2.75, 3.05) is 13.2 Å². The monoisotopic (exact) mass is 1070 g/mol. The second kappa shape index (κ2) is 64.0. The van der Waals surface area contributed by atoms with E-state index in [0.717, 1.165) is 167 Å². The summed E-state index contributed by atoms with van der Waals surface area (Å²) in [5.41, 5.74) is 0. The lowest BCUT2D eigenvalue weighted by atomic mass is 10.1. The molecule has 1 unspecified atom stereocenters. The number of allylic oxidation sites excluding steroid dienone is 30. The molecule has 6 heteroatoms. The van der Waals surface area contributed by atoms with E-state index in [1.165, 1.54) is 19.3 Å². The Hall–Kier alpha value is -5.49. The van der Waals surface area contributed by atoms with E-state index in [4.69, 9.17) is 14.2 Å². The minimum Gasteiger partial charge on any atom is -0.462 e. The molecule has 0 aromatic heterocycles. The van der Waals surface area contributed by atoms with Crippen LogP contribution in [0.5, 0.6) is 0 Å². The van der Waals surface area contributed by atoms with Gasteiger partial charge >= 0.3 is 17.9 Å². The van der Waals surface area contributed by atoms with E-state index in [9.17, 15) is 14.4 Å². The van der Waals surface area contributed by atoms with Gasteiger partial charge < -0.3 is 14.2 Å². The van der Waals surface area contributed by atoms with Gasteiger partial charge in [-0.3, -0.25) is 14.4 Å². The van der Waals surface area contributed by atoms with Crippen molar-refractivity contribution in [1.29, 1.82) is 0 Å². The Morgan fingerprint density at radius 2 is 0.500 bits per heavy atom. The van der Waals surface area contributed by atoms with Gasteiger partial charge in [0.15, 0.2) is 6.10 Å². The molecule has 78 heavy (non-hydrogen) atoms. The van der Waals surface area contributed by atoms with Gasteiger partial charge in [-0.05, 0) is 154 Å². The number of unbranched alkanes of at least 4 members (excludes halogenated alkanes) is 12. The molecule has 0 fully saturated rings. The summed E-state index contributed by atoms with van der Waals surface area (Å²) in [4.78, 5) is 38.2. The molecule has 0 aliphatic rings. The predicted octanol–water partition coefficient (Wildman–Crippen LogP) is 21.3. The van der Waals surface area contributed by atoms with Crippen molar-refractivity contribution >= 4 is 17.9 Å². The van der Waals surface area contributed by atoms with Gasteiger partial charge in [-0.2, -0.15) is 0 Å². The molecule has 0 aliphatic carbocycles. The zero-order valence-electron chi connectivity index (χ0n) is 49.6. The molecule has 0 aromatic carbocycles. The first-order valence-electron chi connectivity index (χ1n) is 30.8. The number of esters is 3. The fraction of sp³-hybridized carbons (Fsp3) is 0.542. The van der Waals surface area contributed by atoms with E-state index >= 15 is 0 Å². The van der Waals surface area contributed by atoms with E-state index in [-0.39, 0.29) is 37.5 Å². The van der Waals surface area contributed by atoms with Gasteiger partial charge in [-0.15, -0.1) is 0 Å². The maximum atomic E-state index is 12.8. The number of carbonyl (C=O) groups excluding carboxylic acids is 3. The Balaban J connectivity index is 4.46.